The van der Waals surface area contributed by atoms with Crippen LogP contribution in [0.5, 0.6) is 0 Å². The van der Waals surface area contributed by atoms with Crippen molar-refractivity contribution >= 4 is 17.9 Å². The molecule has 224 valence electrons. The summed E-state index contributed by atoms with van der Waals surface area (Å²) in [6.07, 6.45) is 10.4. The molecule has 5 saturated carbocycles. The molecule has 0 aromatic rings. The van der Waals surface area contributed by atoms with Crippen molar-refractivity contribution in [3.05, 3.63) is 0 Å². The van der Waals surface area contributed by atoms with Crippen LogP contribution in [0.15, 0.2) is 0 Å². The smallest absolute Gasteiger partial charge is 0.312 e. The van der Waals surface area contributed by atoms with Gasteiger partial charge < -0.3 is 14.6 Å². The van der Waals surface area contributed by atoms with E-state index in [0.29, 0.717) is 23.7 Å². The van der Waals surface area contributed by atoms with Crippen LogP contribution in [0, 0.1) is 56.2 Å². The molecular weight excluding hydrogens is 504 g/mol. The molecule has 0 spiro atoms. The lowest BCUT2D eigenvalue weighted by molar-refractivity contribution is -0.254. The molecule has 1 aliphatic heterocycles. The van der Waals surface area contributed by atoms with Crippen molar-refractivity contribution in [3.63, 3.8) is 0 Å². The normalized spacial score (nSPS) is 49.9. The lowest BCUT2D eigenvalue weighted by atomic mass is 9.31. The SMILES string of the molecule is CC1(C)CC[C@@]23CC[C@]4(C)[C@H](CC[C@@H]5[C@@]6(C)CC[C@H](OC(=O)CCC(=O)O)C(C)(C)[C@@H]6CC[C@]54C)[C@@H]2[C@H]1OC3=O. The largest absolute Gasteiger partial charge is 0.481 e. The maximum Gasteiger partial charge on any atom is 0.312 e. The first-order chi connectivity index (χ1) is 18.5. The summed E-state index contributed by atoms with van der Waals surface area (Å²) in [6, 6.07) is 0. The second-order valence-corrected chi connectivity index (χ2v) is 16.9. The molecule has 5 aliphatic carbocycles. The molecule has 6 fully saturated rings. The van der Waals surface area contributed by atoms with Gasteiger partial charge in [0.1, 0.15) is 12.2 Å². The van der Waals surface area contributed by atoms with Crippen LogP contribution in [-0.2, 0) is 23.9 Å². The molecule has 6 aliphatic rings. The Hall–Kier alpha value is -1.59. The van der Waals surface area contributed by atoms with Gasteiger partial charge in [0.15, 0.2) is 0 Å². The lowest BCUT2D eigenvalue weighted by Crippen LogP contribution is -2.68. The third kappa shape index (κ3) is 3.55. The molecule has 1 N–H and O–H groups in total. The molecule has 0 aromatic heterocycles. The van der Waals surface area contributed by atoms with Crippen LogP contribution in [0.25, 0.3) is 0 Å². The predicted octanol–water partition coefficient (Wildman–Crippen LogP) is 7.18. The average molecular weight is 557 g/mol. The summed E-state index contributed by atoms with van der Waals surface area (Å²) >= 11 is 0. The summed E-state index contributed by atoms with van der Waals surface area (Å²) in [4.78, 5) is 37.0. The number of hydrogen-bond acceptors (Lipinski definition) is 5. The second kappa shape index (κ2) is 8.72. The number of carboxylic acid groups (broad SMARTS) is 1. The van der Waals surface area contributed by atoms with E-state index >= 15 is 0 Å². The fraction of sp³-hybridized carbons (Fsp3) is 0.912. The Kier molecular flexibility index (Phi) is 6.22. The minimum atomic E-state index is -0.961. The van der Waals surface area contributed by atoms with Crippen LogP contribution in [0.2, 0.25) is 0 Å². The molecule has 6 nitrogen and oxygen atoms in total. The van der Waals surface area contributed by atoms with E-state index in [-0.39, 0.29) is 69.5 Å². The fourth-order valence-corrected chi connectivity index (χ4v) is 12.4. The first-order valence-electron chi connectivity index (χ1n) is 16.2. The molecule has 6 rings (SSSR count). The monoisotopic (exact) mass is 556 g/mol. The van der Waals surface area contributed by atoms with Crippen molar-refractivity contribution in [1.82, 2.24) is 0 Å². The predicted molar refractivity (Wildman–Crippen MR) is 151 cm³/mol. The van der Waals surface area contributed by atoms with Gasteiger partial charge in [-0.3, -0.25) is 14.4 Å². The van der Waals surface area contributed by atoms with Gasteiger partial charge in [-0.2, -0.15) is 0 Å². The van der Waals surface area contributed by atoms with E-state index in [0.717, 1.165) is 44.9 Å². The molecule has 6 heteroatoms. The van der Waals surface area contributed by atoms with E-state index < -0.39 is 5.97 Å². The topological polar surface area (TPSA) is 89.9 Å². The van der Waals surface area contributed by atoms with E-state index in [1.165, 1.54) is 19.3 Å². The Balaban J connectivity index is 1.28. The zero-order valence-electron chi connectivity index (χ0n) is 25.9. The van der Waals surface area contributed by atoms with Gasteiger partial charge in [0.05, 0.1) is 18.3 Å². The highest BCUT2D eigenvalue weighted by atomic mass is 16.6. The Morgan fingerprint density at radius 1 is 0.825 bits per heavy atom. The number of fused-ring (bicyclic) bond motifs is 5. The van der Waals surface area contributed by atoms with Crippen molar-refractivity contribution in [3.8, 4) is 0 Å². The third-order valence-electron chi connectivity index (χ3n) is 14.8. The van der Waals surface area contributed by atoms with E-state index in [2.05, 4.69) is 48.5 Å². The quantitative estimate of drug-likeness (QED) is 0.369. The van der Waals surface area contributed by atoms with Crippen LogP contribution in [0.1, 0.15) is 126 Å². The van der Waals surface area contributed by atoms with E-state index in [4.69, 9.17) is 14.6 Å². The minimum Gasteiger partial charge on any atom is -0.481 e. The number of aliphatic carboxylic acids is 1. The van der Waals surface area contributed by atoms with E-state index in [1.807, 2.05) is 0 Å². The van der Waals surface area contributed by atoms with Gasteiger partial charge in [-0.05, 0) is 98.2 Å². The molecule has 40 heavy (non-hydrogen) atoms. The molecule has 0 radical (unpaired) electrons. The standard InChI is InChI=1S/C34H52O6/c1-29(2)16-18-34-19-17-32(6)20(26(34)27(29)40-28(34)38)8-9-22-31(5)14-13-23(39-25(37)11-10-24(35)36)30(3,4)21(31)12-15-33(22,32)7/h20-23,26-27H,8-19H2,1-7H3,(H,35,36)/t20-,21+,22-,23+,26-,27-,31+,32-,33-,34-/m1/s1. The molecular formula is C34H52O6. The number of ether oxygens (including phenoxy) is 2. The highest BCUT2D eigenvalue weighted by Crippen LogP contribution is 2.78. The zero-order valence-corrected chi connectivity index (χ0v) is 25.9. The molecule has 10 atom stereocenters. The summed E-state index contributed by atoms with van der Waals surface area (Å²) in [5.41, 5.74) is 0.189. The van der Waals surface area contributed by atoms with Gasteiger partial charge >= 0.3 is 17.9 Å². The number of rotatable bonds is 4. The van der Waals surface area contributed by atoms with Gasteiger partial charge in [-0.25, -0.2) is 0 Å². The van der Waals surface area contributed by atoms with Crippen molar-refractivity contribution in [2.24, 2.45) is 56.2 Å². The summed E-state index contributed by atoms with van der Waals surface area (Å²) < 4.78 is 12.3. The van der Waals surface area contributed by atoms with Crippen LogP contribution < -0.4 is 0 Å². The highest BCUT2D eigenvalue weighted by molar-refractivity contribution is 5.81. The number of carboxylic acids is 1. The lowest BCUT2D eigenvalue weighted by Gasteiger charge is -2.73. The Morgan fingerprint density at radius 2 is 1.52 bits per heavy atom. The van der Waals surface area contributed by atoms with Crippen LogP contribution >= 0.6 is 0 Å². The molecule has 1 heterocycles. The van der Waals surface area contributed by atoms with Gasteiger partial charge in [0.2, 0.25) is 0 Å². The summed E-state index contributed by atoms with van der Waals surface area (Å²) in [6.45, 7) is 16.9. The van der Waals surface area contributed by atoms with Crippen molar-refractivity contribution in [1.29, 1.82) is 0 Å². The Labute approximate surface area is 240 Å². The number of carbonyl (C=O) groups is 3. The van der Waals surface area contributed by atoms with Crippen molar-refractivity contribution in [2.75, 3.05) is 0 Å². The summed E-state index contributed by atoms with van der Waals surface area (Å²) in [7, 11) is 0. The summed E-state index contributed by atoms with van der Waals surface area (Å²) in [5.74, 6) is 0.697. The molecule has 2 bridgehead atoms. The first-order valence-corrected chi connectivity index (χ1v) is 16.2. The summed E-state index contributed by atoms with van der Waals surface area (Å²) in [5, 5.41) is 9.00. The van der Waals surface area contributed by atoms with Crippen molar-refractivity contribution < 1.29 is 29.0 Å². The van der Waals surface area contributed by atoms with Crippen LogP contribution in [0.3, 0.4) is 0 Å². The average Bonchev–Trinajstić information content (AvgIpc) is 3.12. The van der Waals surface area contributed by atoms with Gasteiger partial charge in [0, 0.05) is 16.7 Å². The van der Waals surface area contributed by atoms with E-state index in [1.54, 1.807) is 0 Å². The van der Waals surface area contributed by atoms with Gasteiger partial charge in [-0.1, -0.05) is 48.5 Å². The fourth-order valence-electron chi connectivity index (χ4n) is 12.4. The molecule has 0 unspecified atom stereocenters. The van der Waals surface area contributed by atoms with Crippen molar-refractivity contribution in [2.45, 2.75) is 138 Å². The Morgan fingerprint density at radius 3 is 2.23 bits per heavy atom. The maximum absolute atomic E-state index is 13.4. The molecule has 0 amide bonds. The second-order valence-electron chi connectivity index (χ2n) is 16.9. The number of carbonyl (C=O) groups excluding carboxylic acids is 2. The van der Waals surface area contributed by atoms with Crippen LogP contribution in [-0.4, -0.2) is 35.2 Å². The molecule has 0 aromatic carbocycles. The third-order valence-corrected chi connectivity index (χ3v) is 14.8. The van der Waals surface area contributed by atoms with Gasteiger partial charge in [-0.15, -0.1) is 0 Å². The number of esters is 2. The van der Waals surface area contributed by atoms with E-state index in [9.17, 15) is 14.4 Å². The number of hydrogen-bond donors (Lipinski definition) is 1. The maximum atomic E-state index is 13.4. The van der Waals surface area contributed by atoms with Gasteiger partial charge in [0.25, 0.3) is 0 Å². The minimum absolute atomic E-state index is 0.0459. The first kappa shape index (κ1) is 28.5. The Bertz CT molecular complexity index is 1110. The highest BCUT2D eigenvalue weighted by Gasteiger charge is 2.75. The zero-order chi connectivity index (χ0) is 29.1. The molecule has 1 saturated heterocycles. The van der Waals surface area contributed by atoms with Crippen LogP contribution in [0.4, 0.5) is 0 Å².